The summed E-state index contributed by atoms with van der Waals surface area (Å²) in [6.07, 6.45) is 2.20. The average molecular weight is 300 g/mol. The van der Waals surface area contributed by atoms with E-state index in [0.29, 0.717) is 44.8 Å². The summed E-state index contributed by atoms with van der Waals surface area (Å²) in [5, 5.41) is 10.3. The van der Waals surface area contributed by atoms with Crippen LogP contribution in [0, 0.1) is 0 Å². The summed E-state index contributed by atoms with van der Waals surface area (Å²) in [7, 11) is -1.78. The van der Waals surface area contributed by atoms with Gasteiger partial charge in [-0.25, -0.2) is 12.7 Å². The number of aliphatic hydroxyl groups is 1. The average Bonchev–Trinajstić information content (AvgIpc) is 2.29. The topological polar surface area (TPSA) is 66.8 Å². The van der Waals surface area contributed by atoms with Crippen LogP contribution in [0.1, 0.15) is 25.7 Å². The molecular formula is C11H22ClNO4S. The van der Waals surface area contributed by atoms with Crippen molar-refractivity contribution in [3.8, 4) is 0 Å². The van der Waals surface area contributed by atoms with Gasteiger partial charge < -0.3 is 9.84 Å². The van der Waals surface area contributed by atoms with Gasteiger partial charge in [-0.05, 0) is 12.8 Å². The quantitative estimate of drug-likeness (QED) is 0.558. The van der Waals surface area contributed by atoms with Crippen LogP contribution >= 0.6 is 11.6 Å². The van der Waals surface area contributed by atoms with Crippen LogP contribution in [0.4, 0.5) is 0 Å². The SMILES string of the molecule is CN(CC1(O)CCOCC1)S(=O)(=O)CCCCCl. The second kappa shape index (κ2) is 7.05. The highest BCUT2D eigenvalue weighted by molar-refractivity contribution is 7.89. The van der Waals surface area contributed by atoms with Gasteiger partial charge in [0.25, 0.3) is 0 Å². The third-order valence-corrected chi connectivity index (χ3v) is 5.35. The minimum Gasteiger partial charge on any atom is -0.388 e. The predicted molar refractivity (Wildman–Crippen MR) is 71.4 cm³/mol. The Labute approximate surface area is 114 Å². The molecule has 0 saturated carbocycles. The Hall–Kier alpha value is 0.120. The van der Waals surface area contributed by atoms with Gasteiger partial charge in [0.1, 0.15) is 0 Å². The Balaban J connectivity index is 2.49. The van der Waals surface area contributed by atoms with E-state index in [1.54, 1.807) is 0 Å². The molecule has 0 unspecified atom stereocenters. The van der Waals surface area contributed by atoms with Gasteiger partial charge in [-0.3, -0.25) is 0 Å². The van der Waals surface area contributed by atoms with E-state index < -0.39 is 15.6 Å². The third-order valence-electron chi connectivity index (χ3n) is 3.20. The van der Waals surface area contributed by atoms with E-state index in [2.05, 4.69) is 0 Å². The van der Waals surface area contributed by atoms with Gasteiger partial charge in [0.05, 0.1) is 11.4 Å². The van der Waals surface area contributed by atoms with Gasteiger partial charge in [-0.15, -0.1) is 11.6 Å². The molecule has 0 aromatic heterocycles. The number of alkyl halides is 1. The number of likely N-dealkylation sites (N-methyl/N-ethyl adjacent to an activating group) is 1. The summed E-state index contributed by atoms with van der Waals surface area (Å²) < 4.78 is 30.3. The monoisotopic (exact) mass is 299 g/mol. The highest BCUT2D eigenvalue weighted by Gasteiger charge is 2.34. The second-order valence-electron chi connectivity index (χ2n) is 4.80. The van der Waals surface area contributed by atoms with Crippen molar-refractivity contribution in [3.05, 3.63) is 0 Å². The molecule has 0 radical (unpaired) electrons. The van der Waals surface area contributed by atoms with Crippen molar-refractivity contribution in [2.75, 3.05) is 38.4 Å². The van der Waals surface area contributed by atoms with E-state index in [1.807, 2.05) is 0 Å². The molecule has 7 heteroatoms. The summed E-state index contributed by atoms with van der Waals surface area (Å²) in [4.78, 5) is 0. The lowest BCUT2D eigenvalue weighted by atomic mass is 9.95. The number of sulfonamides is 1. The molecule has 1 saturated heterocycles. The van der Waals surface area contributed by atoms with Crippen molar-refractivity contribution in [3.63, 3.8) is 0 Å². The number of nitrogens with zero attached hydrogens (tertiary/aromatic N) is 1. The van der Waals surface area contributed by atoms with E-state index in [-0.39, 0.29) is 12.3 Å². The van der Waals surface area contributed by atoms with Crippen LogP contribution in [0.25, 0.3) is 0 Å². The van der Waals surface area contributed by atoms with E-state index in [9.17, 15) is 13.5 Å². The Kier molecular flexibility index (Phi) is 6.34. The zero-order valence-corrected chi connectivity index (χ0v) is 12.3. The molecule has 0 aliphatic carbocycles. The van der Waals surface area contributed by atoms with Crippen LogP contribution in [0.3, 0.4) is 0 Å². The van der Waals surface area contributed by atoms with Gasteiger partial charge >= 0.3 is 0 Å². The van der Waals surface area contributed by atoms with E-state index in [1.165, 1.54) is 11.4 Å². The highest BCUT2D eigenvalue weighted by atomic mass is 35.5. The minimum absolute atomic E-state index is 0.0861. The lowest BCUT2D eigenvalue weighted by Gasteiger charge is -2.35. The molecule has 1 aliphatic heterocycles. The van der Waals surface area contributed by atoms with Gasteiger partial charge in [0.15, 0.2) is 0 Å². The molecule has 108 valence electrons. The van der Waals surface area contributed by atoms with Crippen molar-refractivity contribution < 1.29 is 18.3 Å². The zero-order chi connectivity index (χ0) is 13.6. The predicted octanol–water partition coefficient (Wildman–Crippen LogP) is 0.808. The highest BCUT2D eigenvalue weighted by Crippen LogP contribution is 2.22. The molecule has 0 amide bonds. The van der Waals surface area contributed by atoms with Crippen LogP contribution in [-0.4, -0.2) is 61.9 Å². The molecule has 18 heavy (non-hydrogen) atoms. The normalized spacial score (nSPS) is 20.2. The first kappa shape index (κ1) is 16.2. The maximum absolute atomic E-state index is 12.0. The van der Waals surface area contributed by atoms with Crippen molar-refractivity contribution in [1.29, 1.82) is 0 Å². The van der Waals surface area contributed by atoms with E-state index in [0.717, 1.165) is 0 Å². The van der Waals surface area contributed by atoms with Gasteiger partial charge in [0.2, 0.25) is 10.0 Å². The summed E-state index contributed by atoms with van der Waals surface area (Å²) >= 11 is 5.53. The first-order valence-electron chi connectivity index (χ1n) is 6.20. The molecule has 1 fully saturated rings. The number of rotatable bonds is 7. The Morgan fingerprint density at radius 2 is 1.94 bits per heavy atom. The molecule has 1 aliphatic rings. The molecule has 1 rings (SSSR count). The van der Waals surface area contributed by atoms with Crippen molar-refractivity contribution in [1.82, 2.24) is 4.31 Å². The molecule has 1 N–H and O–H groups in total. The number of hydrogen-bond donors (Lipinski definition) is 1. The summed E-state index contributed by atoms with van der Waals surface area (Å²) in [6.45, 7) is 1.10. The Morgan fingerprint density at radius 1 is 1.33 bits per heavy atom. The molecule has 0 atom stereocenters. The minimum atomic E-state index is -3.30. The first-order valence-corrected chi connectivity index (χ1v) is 8.34. The van der Waals surface area contributed by atoms with Gasteiger partial charge in [-0.1, -0.05) is 0 Å². The summed E-state index contributed by atoms with van der Waals surface area (Å²) in [5.41, 5.74) is -0.952. The van der Waals surface area contributed by atoms with Crippen LogP contribution in [-0.2, 0) is 14.8 Å². The largest absolute Gasteiger partial charge is 0.388 e. The molecule has 5 nitrogen and oxygen atoms in total. The number of hydrogen-bond acceptors (Lipinski definition) is 4. The lowest BCUT2D eigenvalue weighted by Crippen LogP contribution is -2.47. The molecular weight excluding hydrogens is 278 g/mol. The van der Waals surface area contributed by atoms with Crippen molar-refractivity contribution in [2.24, 2.45) is 0 Å². The number of halogens is 1. The first-order chi connectivity index (χ1) is 8.40. The van der Waals surface area contributed by atoms with Crippen LogP contribution in [0.2, 0.25) is 0 Å². The maximum atomic E-state index is 12.0. The third kappa shape index (κ3) is 5.01. The second-order valence-corrected chi connectivity index (χ2v) is 7.38. The smallest absolute Gasteiger partial charge is 0.213 e. The Morgan fingerprint density at radius 3 is 2.50 bits per heavy atom. The lowest BCUT2D eigenvalue weighted by molar-refractivity contribution is -0.0689. The van der Waals surface area contributed by atoms with Crippen LogP contribution < -0.4 is 0 Å². The fourth-order valence-corrected chi connectivity index (χ4v) is 3.46. The Bertz CT molecular complexity index is 341. The zero-order valence-electron chi connectivity index (χ0n) is 10.8. The van der Waals surface area contributed by atoms with Crippen molar-refractivity contribution in [2.45, 2.75) is 31.3 Å². The summed E-state index contributed by atoms with van der Waals surface area (Å²) in [5.74, 6) is 0.559. The maximum Gasteiger partial charge on any atom is 0.213 e. The van der Waals surface area contributed by atoms with Gasteiger partial charge in [0, 0.05) is 45.5 Å². The van der Waals surface area contributed by atoms with Gasteiger partial charge in [-0.2, -0.15) is 0 Å². The van der Waals surface area contributed by atoms with Crippen LogP contribution in [0.15, 0.2) is 0 Å². The molecule has 1 heterocycles. The number of ether oxygens (including phenoxy) is 1. The molecule has 0 aromatic rings. The van der Waals surface area contributed by atoms with Crippen molar-refractivity contribution >= 4 is 21.6 Å². The standard InChI is InChI=1S/C11H22ClNO4S/c1-13(18(15,16)9-3-2-6-12)10-11(14)4-7-17-8-5-11/h14H,2-10H2,1H3. The van der Waals surface area contributed by atoms with Crippen LogP contribution in [0.5, 0.6) is 0 Å². The number of unbranched alkanes of at least 4 members (excludes halogenated alkanes) is 1. The fourth-order valence-electron chi connectivity index (χ4n) is 1.96. The molecule has 0 aromatic carbocycles. The fraction of sp³-hybridized carbons (Fsp3) is 1.00. The van der Waals surface area contributed by atoms with E-state index >= 15 is 0 Å². The molecule has 0 spiro atoms. The van der Waals surface area contributed by atoms with E-state index in [4.69, 9.17) is 16.3 Å². The summed E-state index contributed by atoms with van der Waals surface area (Å²) in [6, 6.07) is 0. The molecule has 0 bridgehead atoms.